The molecule has 0 amide bonds. The molecule has 3 fully saturated rings. The number of fused-ring (bicyclic) bond motifs is 1. The van der Waals surface area contributed by atoms with E-state index >= 15 is 0 Å². The SMILES string of the molecule is Cc1cc(C23CC(c4nc5c([C@@H](C)Nc6ccc(Cl)nc6C(=O)O)cc(F)cc5c(=O)n4C)(C2)C3)nc(C)n1. The van der Waals surface area contributed by atoms with Crippen molar-refractivity contribution in [2.75, 3.05) is 5.32 Å². The number of carboxylic acids is 1. The lowest BCUT2D eigenvalue weighted by Crippen LogP contribution is -2.68. The van der Waals surface area contributed by atoms with Gasteiger partial charge in [-0.25, -0.2) is 29.1 Å². The molecule has 0 unspecified atom stereocenters. The highest BCUT2D eigenvalue weighted by molar-refractivity contribution is 6.29. The predicted molar refractivity (Wildman–Crippen MR) is 144 cm³/mol. The highest BCUT2D eigenvalue weighted by Crippen LogP contribution is 2.73. The molecule has 3 heterocycles. The van der Waals surface area contributed by atoms with E-state index in [4.69, 9.17) is 16.6 Å². The van der Waals surface area contributed by atoms with Gasteiger partial charge in [-0.3, -0.25) is 9.36 Å². The van der Waals surface area contributed by atoms with Crippen LogP contribution in [-0.4, -0.2) is 35.6 Å². The Morgan fingerprint density at radius 1 is 1.10 bits per heavy atom. The normalized spacial score (nSPS) is 22.2. The van der Waals surface area contributed by atoms with Crippen molar-refractivity contribution in [3.05, 3.63) is 86.0 Å². The number of carbonyl (C=O) groups is 1. The third kappa shape index (κ3) is 3.88. The fourth-order valence-electron chi connectivity index (χ4n) is 6.48. The molecular formula is C28H26ClFN6O3. The monoisotopic (exact) mass is 548 g/mol. The largest absolute Gasteiger partial charge is 0.476 e. The van der Waals surface area contributed by atoms with Crippen molar-refractivity contribution in [3.8, 4) is 0 Å². The van der Waals surface area contributed by atoms with E-state index in [-0.39, 0.29) is 38.3 Å². The maximum absolute atomic E-state index is 14.8. The lowest BCUT2D eigenvalue weighted by atomic mass is 9.34. The van der Waals surface area contributed by atoms with Gasteiger partial charge in [0.05, 0.1) is 28.3 Å². The van der Waals surface area contributed by atoms with Crippen molar-refractivity contribution < 1.29 is 14.3 Å². The zero-order valence-electron chi connectivity index (χ0n) is 21.8. The van der Waals surface area contributed by atoms with Gasteiger partial charge in [-0.2, -0.15) is 0 Å². The van der Waals surface area contributed by atoms with E-state index in [1.165, 1.54) is 28.8 Å². The number of anilines is 1. The molecule has 200 valence electrons. The van der Waals surface area contributed by atoms with Gasteiger partial charge in [0.1, 0.15) is 22.6 Å². The van der Waals surface area contributed by atoms with Crippen LogP contribution < -0.4 is 10.9 Å². The second kappa shape index (κ2) is 8.54. The van der Waals surface area contributed by atoms with Crippen LogP contribution in [0.25, 0.3) is 10.9 Å². The van der Waals surface area contributed by atoms with Gasteiger partial charge < -0.3 is 10.4 Å². The van der Waals surface area contributed by atoms with Gasteiger partial charge in [0.25, 0.3) is 5.56 Å². The van der Waals surface area contributed by atoms with Gasteiger partial charge in [0.2, 0.25) is 0 Å². The van der Waals surface area contributed by atoms with Gasteiger partial charge in [0, 0.05) is 29.1 Å². The Labute approximate surface area is 228 Å². The standard InChI is InChI=1S/C28H26ClFN6O3/c1-13-7-20(33-15(3)31-13)27-10-28(11-27,12-27)26-35-22-17(8-16(30)9-18(22)24(37)36(26)4)14(2)32-19-5-6-21(29)34-23(19)25(38)39/h5-9,14,32H,10-12H2,1-4H3,(H,38,39)/t14-,27?,28?/m1/s1. The number of nitrogens with zero attached hydrogens (tertiary/aromatic N) is 5. The van der Waals surface area contributed by atoms with Crippen molar-refractivity contribution in [2.45, 2.75) is 56.9 Å². The predicted octanol–water partition coefficient (Wildman–Crippen LogP) is 4.77. The molecule has 2 bridgehead atoms. The average Bonchev–Trinajstić information content (AvgIpc) is 2.81. The molecule has 3 aliphatic rings. The topological polar surface area (TPSA) is 123 Å². The fourth-order valence-corrected chi connectivity index (χ4v) is 6.63. The summed E-state index contributed by atoms with van der Waals surface area (Å²) >= 11 is 5.89. The van der Waals surface area contributed by atoms with Crippen LogP contribution in [0, 0.1) is 19.7 Å². The zero-order chi connectivity index (χ0) is 27.9. The quantitative estimate of drug-likeness (QED) is 0.330. The Balaban J connectivity index is 1.40. The number of benzene rings is 1. The van der Waals surface area contributed by atoms with Crippen LogP contribution in [0.4, 0.5) is 10.1 Å². The number of carboxylic acid groups (broad SMARTS) is 1. The number of aromatic nitrogens is 5. The summed E-state index contributed by atoms with van der Waals surface area (Å²) in [5, 5.41) is 12.9. The first-order chi connectivity index (χ1) is 18.4. The minimum absolute atomic E-state index is 0.0412. The smallest absolute Gasteiger partial charge is 0.356 e. The molecule has 0 saturated heterocycles. The lowest BCUT2D eigenvalue weighted by molar-refractivity contribution is -0.0808. The van der Waals surface area contributed by atoms with E-state index in [1.807, 2.05) is 19.9 Å². The summed E-state index contributed by atoms with van der Waals surface area (Å²) in [4.78, 5) is 43.1. The summed E-state index contributed by atoms with van der Waals surface area (Å²) in [6, 6.07) is 6.95. The molecule has 3 aliphatic carbocycles. The number of hydrogen-bond acceptors (Lipinski definition) is 7. The molecule has 1 aromatic carbocycles. The molecule has 1 atom stereocenters. The molecule has 0 radical (unpaired) electrons. The summed E-state index contributed by atoms with van der Waals surface area (Å²) in [6.45, 7) is 5.61. The highest BCUT2D eigenvalue weighted by atomic mass is 35.5. The Bertz CT molecular complexity index is 1730. The minimum atomic E-state index is -1.25. The summed E-state index contributed by atoms with van der Waals surface area (Å²) in [7, 11) is 1.68. The van der Waals surface area contributed by atoms with Gasteiger partial charge >= 0.3 is 5.97 Å². The number of halogens is 2. The first-order valence-electron chi connectivity index (χ1n) is 12.6. The van der Waals surface area contributed by atoms with Crippen molar-refractivity contribution in [1.29, 1.82) is 0 Å². The van der Waals surface area contributed by atoms with E-state index in [1.54, 1.807) is 14.0 Å². The van der Waals surface area contributed by atoms with Crippen LogP contribution >= 0.6 is 11.6 Å². The van der Waals surface area contributed by atoms with Gasteiger partial charge in [-0.05, 0) is 70.4 Å². The van der Waals surface area contributed by atoms with Gasteiger partial charge in [0.15, 0.2) is 5.69 Å². The summed E-state index contributed by atoms with van der Waals surface area (Å²) in [5.74, 6) is -0.416. The fraction of sp³-hybridized carbons (Fsp3) is 0.357. The number of aromatic carboxylic acids is 1. The molecule has 11 heteroatoms. The Kier molecular flexibility index (Phi) is 5.55. The number of pyridine rings is 1. The maximum Gasteiger partial charge on any atom is 0.356 e. The Hall–Kier alpha value is -3.92. The maximum atomic E-state index is 14.8. The molecule has 39 heavy (non-hydrogen) atoms. The molecule has 9 nitrogen and oxygen atoms in total. The lowest BCUT2D eigenvalue weighted by Gasteiger charge is -2.69. The number of hydrogen-bond donors (Lipinski definition) is 2. The van der Waals surface area contributed by atoms with E-state index < -0.39 is 17.8 Å². The van der Waals surface area contributed by atoms with Crippen LogP contribution in [0.5, 0.6) is 0 Å². The van der Waals surface area contributed by atoms with Crippen LogP contribution in [0.2, 0.25) is 5.15 Å². The molecule has 3 aromatic heterocycles. The van der Waals surface area contributed by atoms with Crippen molar-refractivity contribution >= 4 is 34.2 Å². The highest BCUT2D eigenvalue weighted by Gasteiger charge is 2.71. The second-order valence-corrected chi connectivity index (χ2v) is 11.3. The van der Waals surface area contributed by atoms with Gasteiger partial charge in [-0.1, -0.05) is 11.6 Å². The summed E-state index contributed by atoms with van der Waals surface area (Å²) in [6.07, 6.45) is 2.47. The first kappa shape index (κ1) is 25.4. The molecule has 0 spiro atoms. The van der Waals surface area contributed by atoms with Gasteiger partial charge in [-0.15, -0.1) is 0 Å². The number of aryl methyl sites for hydroxylation is 2. The van der Waals surface area contributed by atoms with Crippen LogP contribution in [0.15, 0.2) is 35.1 Å². The van der Waals surface area contributed by atoms with Crippen molar-refractivity contribution in [1.82, 2.24) is 24.5 Å². The summed E-state index contributed by atoms with van der Waals surface area (Å²) in [5.41, 5.74) is 2.14. The van der Waals surface area contributed by atoms with Crippen LogP contribution in [0.1, 0.15) is 71.3 Å². The summed E-state index contributed by atoms with van der Waals surface area (Å²) < 4.78 is 16.3. The molecule has 4 aromatic rings. The van der Waals surface area contributed by atoms with Crippen LogP contribution in [0.3, 0.4) is 0 Å². The Morgan fingerprint density at radius 2 is 1.82 bits per heavy atom. The first-order valence-corrected chi connectivity index (χ1v) is 13.0. The molecule has 3 saturated carbocycles. The van der Waals surface area contributed by atoms with E-state index in [0.29, 0.717) is 16.9 Å². The number of nitrogens with one attached hydrogen (secondary N) is 1. The van der Waals surface area contributed by atoms with E-state index in [9.17, 15) is 19.1 Å². The van der Waals surface area contributed by atoms with E-state index in [2.05, 4.69) is 20.3 Å². The third-order valence-electron chi connectivity index (χ3n) is 8.09. The molecule has 7 rings (SSSR count). The number of rotatable bonds is 6. The van der Waals surface area contributed by atoms with Crippen molar-refractivity contribution in [3.63, 3.8) is 0 Å². The van der Waals surface area contributed by atoms with E-state index in [0.717, 1.165) is 36.5 Å². The average molecular weight is 549 g/mol. The zero-order valence-corrected chi connectivity index (χ0v) is 22.6. The van der Waals surface area contributed by atoms with Crippen LogP contribution in [-0.2, 0) is 17.9 Å². The minimum Gasteiger partial charge on any atom is -0.476 e. The molecular weight excluding hydrogens is 523 g/mol. The Morgan fingerprint density at radius 3 is 2.49 bits per heavy atom. The second-order valence-electron chi connectivity index (χ2n) is 10.9. The molecule has 2 N–H and O–H groups in total. The third-order valence-corrected chi connectivity index (χ3v) is 8.30. The molecule has 0 aliphatic heterocycles. The van der Waals surface area contributed by atoms with Crippen molar-refractivity contribution in [2.24, 2.45) is 7.05 Å².